The smallest absolute Gasteiger partial charge is 0.332 e. The molecule has 0 fully saturated rings. The minimum absolute atomic E-state index is 0.0606. The Hall–Kier alpha value is -0.610. The van der Waals surface area contributed by atoms with E-state index in [2.05, 4.69) is 32.6 Å². The number of hydrogen-bond donors (Lipinski definition) is 0. The third kappa shape index (κ3) is 10.5. The first kappa shape index (κ1) is 17.4. The molecule has 0 N–H and O–H groups in total. The molecule has 0 atom stereocenters. The Kier molecular flexibility index (Phi) is 9.98. The molecular weight excluding hydrogens is 230 g/mol. The van der Waals surface area contributed by atoms with Gasteiger partial charge in [0.15, 0.2) is 0 Å². The second-order valence-corrected chi connectivity index (χ2v) is 5.40. The lowest BCUT2D eigenvalue weighted by Gasteiger charge is -2.25. The molecule has 0 rings (SSSR count). The molecule has 0 aliphatic carbocycles. The van der Waals surface area contributed by atoms with E-state index in [9.17, 15) is 4.79 Å². The molecule has 0 radical (unpaired) electrons. The average Bonchev–Trinajstić information content (AvgIpc) is 2.23. The van der Waals surface area contributed by atoms with Crippen molar-refractivity contribution in [1.82, 2.24) is 4.90 Å². The van der Waals surface area contributed by atoms with Crippen molar-refractivity contribution >= 4 is 5.97 Å². The van der Waals surface area contributed by atoms with Crippen molar-refractivity contribution in [2.45, 2.75) is 34.6 Å². The van der Waals surface area contributed by atoms with Gasteiger partial charge in [-0.3, -0.25) is 0 Å². The van der Waals surface area contributed by atoms with E-state index in [1.807, 2.05) is 0 Å². The van der Waals surface area contributed by atoms with Crippen molar-refractivity contribution < 1.29 is 14.3 Å². The maximum absolute atomic E-state index is 11.1. The molecule has 0 aromatic rings. The number of esters is 1. The highest BCUT2D eigenvalue weighted by atomic mass is 16.6. The van der Waals surface area contributed by atoms with Gasteiger partial charge in [0.2, 0.25) is 0 Å². The first-order valence-corrected chi connectivity index (χ1v) is 6.91. The Labute approximate surface area is 112 Å². The van der Waals surface area contributed by atoms with E-state index in [1.54, 1.807) is 6.92 Å². The van der Waals surface area contributed by atoms with Crippen molar-refractivity contribution in [1.29, 1.82) is 0 Å². The van der Waals surface area contributed by atoms with E-state index in [4.69, 9.17) is 9.47 Å². The van der Waals surface area contributed by atoms with Crippen molar-refractivity contribution in [2.24, 2.45) is 11.8 Å². The van der Waals surface area contributed by atoms with Crippen LogP contribution in [0.3, 0.4) is 0 Å². The summed E-state index contributed by atoms with van der Waals surface area (Å²) in [5.74, 6) is 1.01. The molecule has 0 saturated carbocycles. The number of hydrogen-bond acceptors (Lipinski definition) is 4. The van der Waals surface area contributed by atoms with Gasteiger partial charge in [-0.1, -0.05) is 27.7 Å². The summed E-state index contributed by atoms with van der Waals surface area (Å²) in [6.45, 7) is 14.7. The van der Waals surface area contributed by atoms with Crippen molar-refractivity contribution in [3.05, 3.63) is 0 Å². The Balaban J connectivity index is 3.78. The van der Waals surface area contributed by atoms with E-state index in [1.165, 1.54) is 0 Å². The second kappa shape index (κ2) is 10.3. The molecule has 108 valence electrons. The highest BCUT2D eigenvalue weighted by molar-refractivity contribution is 5.70. The van der Waals surface area contributed by atoms with Crippen LogP contribution in [0.1, 0.15) is 34.6 Å². The zero-order valence-corrected chi connectivity index (χ0v) is 12.6. The quantitative estimate of drug-likeness (QED) is 0.445. The third-order valence-corrected chi connectivity index (χ3v) is 2.32. The zero-order valence-electron chi connectivity index (χ0n) is 12.6. The summed E-state index contributed by atoms with van der Waals surface area (Å²) in [6, 6.07) is 0. The molecular formula is C14H29NO3. The van der Waals surface area contributed by atoms with Crippen LogP contribution in [-0.2, 0) is 14.3 Å². The summed E-state index contributed by atoms with van der Waals surface area (Å²) < 4.78 is 10.1. The molecule has 4 nitrogen and oxygen atoms in total. The first-order valence-electron chi connectivity index (χ1n) is 6.91. The van der Waals surface area contributed by atoms with E-state index in [0.717, 1.165) is 19.6 Å². The molecule has 0 unspecified atom stereocenters. The molecule has 18 heavy (non-hydrogen) atoms. The lowest BCUT2D eigenvalue weighted by Crippen LogP contribution is -2.34. The molecule has 0 amide bonds. The fourth-order valence-corrected chi connectivity index (χ4v) is 1.84. The van der Waals surface area contributed by atoms with Crippen LogP contribution in [0.2, 0.25) is 0 Å². The van der Waals surface area contributed by atoms with Gasteiger partial charge < -0.3 is 14.4 Å². The van der Waals surface area contributed by atoms with Crippen LogP contribution in [0.25, 0.3) is 0 Å². The molecule has 0 aromatic heterocycles. The Morgan fingerprint density at radius 3 is 2.11 bits per heavy atom. The van der Waals surface area contributed by atoms with Crippen molar-refractivity contribution in [3.63, 3.8) is 0 Å². The van der Waals surface area contributed by atoms with Crippen LogP contribution in [0.15, 0.2) is 0 Å². The van der Waals surface area contributed by atoms with Gasteiger partial charge in [-0.15, -0.1) is 0 Å². The number of nitrogens with zero attached hydrogens (tertiary/aromatic N) is 1. The van der Waals surface area contributed by atoms with Crippen molar-refractivity contribution in [2.75, 3.05) is 39.5 Å². The van der Waals surface area contributed by atoms with Crippen molar-refractivity contribution in [3.8, 4) is 0 Å². The highest BCUT2D eigenvalue weighted by Gasteiger charge is 2.09. The minimum atomic E-state index is -0.281. The largest absolute Gasteiger partial charge is 0.464 e. The number of carbonyl (C=O) groups excluding carboxylic acids is 1. The van der Waals surface area contributed by atoms with Gasteiger partial charge in [-0.05, 0) is 18.8 Å². The van der Waals surface area contributed by atoms with Gasteiger partial charge in [0.1, 0.15) is 6.61 Å². The molecule has 0 aromatic carbocycles. The normalized spacial score (nSPS) is 11.6. The van der Waals surface area contributed by atoms with Crippen LogP contribution >= 0.6 is 0 Å². The third-order valence-electron chi connectivity index (χ3n) is 2.32. The zero-order chi connectivity index (χ0) is 14.0. The summed E-state index contributed by atoms with van der Waals surface area (Å²) in [5, 5.41) is 0. The standard InChI is InChI=1S/C14H29NO3/c1-6-18-14(16)11-17-8-7-15(9-12(2)3)10-13(4)5/h12-13H,6-11H2,1-5H3. The van der Waals surface area contributed by atoms with Crippen LogP contribution < -0.4 is 0 Å². The maximum Gasteiger partial charge on any atom is 0.332 e. The lowest BCUT2D eigenvalue weighted by molar-refractivity contribution is -0.148. The first-order chi connectivity index (χ1) is 8.45. The number of ether oxygens (including phenoxy) is 2. The summed E-state index contributed by atoms with van der Waals surface area (Å²) in [6.07, 6.45) is 0. The Bertz CT molecular complexity index is 207. The Morgan fingerprint density at radius 2 is 1.67 bits per heavy atom. The minimum Gasteiger partial charge on any atom is -0.464 e. The highest BCUT2D eigenvalue weighted by Crippen LogP contribution is 2.03. The van der Waals surface area contributed by atoms with Crippen LogP contribution in [0, 0.1) is 11.8 Å². The van der Waals surface area contributed by atoms with Crippen LogP contribution in [0.4, 0.5) is 0 Å². The second-order valence-electron chi connectivity index (χ2n) is 5.40. The molecule has 0 aliphatic rings. The molecule has 0 saturated heterocycles. The van der Waals surface area contributed by atoms with E-state index in [-0.39, 0.29) is 12.6 Å². The molecule has 0 aliphatic heterocycles. The molecule has 0 heterocycles. The number of carbonyl (C=O) groups is 1. The summed E-state index contributed by atoms with van der Waals surface area (Å²) in [4.78, 5) is 13.5. The summed E-state index contributed by atoms with van der Waals surface area (Å²) in [5.41, 5.74) is 0. The van der Waals surface area contributed by atoms with E-state index >= 15 is 0 Å². The summed E-state index contributed by atoms with van der Waals surface area (Å²) in [7, 11) is 0. The van der Waals surface area contributed by atoms with E-state index in [0.29, 0.717) is 25.0 Å². The van der Waals surface area contributed by atoms with Gasteiger partial charge in [-0.25, -0.2) is 4.79 Å². The van der Waals surface area contributed by atoms with Gasteiger partial charge in [0.05, 0.1) is 13.2 Å². The van der Waals surface area contributed by atoms with Gasteiger partial charge >= 0.3 is 5.97 Å². The molecule has 0 bridgehead atoms. The maximum atomic E-state index is 11.1. The summed E-state index contributed by atoms with van der Waals surface area (Å²) >= 11 is 0. The topological polar surface area (TPSA) is 38.8 Å². The Morgan fingerprint density at radius 1 is 1.11 bits per heavy atom. The fourth-order valence-electron chi connectivity index (χ4n) is 1.84. The van der Waals surface area contributed by atoms with E-state index < -0.39 is 0 Å². The fraction of sp³-hybridized carbons (Fsp3) is 0.929. The van der Waals surface area contributed by atoms with Gasteiger partial charge in [-0.2, -0.15) is 0 Å². The van der Waals surface area contributed by atoms with Gasteiger partial charge in [0, 0.05) is 19.6 Å². The van der Waals surface area contributed by atoms with Gasteiger partial charge in [0.25, 0.3) is 0 Å². The average molecular weight is 259 g/mol. The predicted molar refractivity (Wildman–Crippen MR) is 73.6 cm³/mol. The lowest BCUT2D eigenvalue weighted by atomic mass is 10.1. The van der Waals surface area contributed by atoms with Crippen LogP contribution in [-0.4, -0.2) is 50.3 Å². The molecule has 0 spiro atoms. The predicted octanol–water partition coefficient (Wildman–Crippen LogP) is 2.18. The number of rotatable bonds is 10. The SMILES string of the molecule is CCOC(=O)COCCN(CC(C)C)CC(C)C. The van der Waals surface area contributed by atoms with Crippen LogP contribution in [0.5, 0.6) is 0 Å². The molecule has 4 heteroatoms. The monoisotopic (exact) mass is 259 g/mol.